The molecule has 0 heterocycles. The van der Waals surface area contributed by atoms with Crippen molar-refractivity contribution < 1.29 is 9.50 Å². The summed E-state index contributed by atoms with van der Waals surface area (Å²) in [6, 6.07) is 5.19. The van der Waals surface area contributed by atoms with E-state index in [9.17, 15) is 9.50 Å². The van der Waals surface area contributed by atoms with Crippen LogP contribution < -0.4 is 5.32 Å². The third kappa shape index (κ3) is 3.91. The summed E-state index contributed by atoms with van der Waals surface area (Å²) in [6.45, 7) is 6.56. The molecular formula is C13H20FNO. The summed E-state index contributed by atoms with van der Waals surface area (Å²) < 4.78 is 13.2. The smallest absolute Gasteiger partial charge is 0.126 e. The quantitative estimate of drug-likeness (QED) is 0.806. The second kappa shape index (κ2) is 5.41. The zero-order valence-corrected chi connectivity index (χ0v) is 10.2. The molecule has 0 saturated carbocycles. The van der Waals surface area contributed by atoms with E-state index in [1.165, 1.54) is 6.07 Å². The Labute approximate surface area is 96.5 Å². The molecule has 2 nitrogen and oxygen atoms in total. The first-order chi connectivity index (χ1) is 7.44. The Morgan fingerprint density at radius 1 is 1.44 bits per heavy atom. The van der Waals surface area contributed by atoms with Crippen molar-refractivity contribution in [3.8, 4) is 0 Å². The van der Waals surface area contributed by atoms with E-state index in [1.54, 1.807) is 19.9 Å². The molecule has 0 aliphatic heterocycles. The summed E-state index contributed by atoms with van der Waals surface area (Å²) in [6.07, 6.45) is 0.697. The molecule has 0 fully saturated rings. The molecule has 90 valence electrons. The lowest BCUT2D eigenvalue weighted by molar-refractivity contribution is 0.0555. The van der Waals surface area contributed by atoms with Gasteiger partial charge in [0, 0.05) is 13.1 Å². The van der Waals surface area contributed by atoms with Gasteiger partial charge in [0.05, 0.1) is 5.60 Å². The number of halogens is 1. The zero-order valence-electron chi connectivity index (χ0n) is 10.2. The van der Waals surface area contributed by atoms with Crippen LogP contribution in [0.2, 0.25) is 0 Å². The Kier molecular flexibility index (Phi) is 4.44. The number of rotatable bonds is 5. The highest BCUT2D eigenvalue weighted by molar-refractivity contribution is 5.23. The third-order valence-electron chi connectivity index (χ3n) is 2.83. The van der Waals surface area contributed by atoms with Crippen LogP contribution in [-0.2, 0) is 6.54 Å². The van der Waals surface area contributed by atoms with Crippen molar-refractivity contribution in [1.82, 2.24) is 5.32 Å². The fraction of sp³-hybridized carbons (Fsp3) is 0.538. The van der Waals surface area contributed by atoms with Crippen LogP contribution in [0.15, 0.2) is 18.2 Å². The van der Waals surface area contributed by atoms with Gasteiger partial charge in [-0.3, -0.25) is 0 Å². The van der Waals surface area contributed by atoms with Crippen LogP contribution in [0.4, 0.5) is 4.39 Å². The number of nitrogens with one attached hydrogen (secondary N) is 1. The molecular weight excluding hydrogens is 205 g/mol. The van der Waals surface area contributed by atoms with E-state index >= 15 is 0 Å². The minimum Gasteiger partial charge on any atom is -0.389 e. The predicted molar refractivity (Wildman–Crippen MR) is 63.8 cm³/mol. The predicted octanol–water partition coefficient (Wildman–Crippen LogP) is 2.38. The second-order valence-corrected chi connectivity index (χ2v) is 4.54. The molecule has 1 atom stereocenters. The summed E-state index contributed by atoms with van der Waals surface area (Å²) in [5.41, 5.74) is 0.864. The summed E-state index contributed by atoms with van der Waals surface area (Å²) >= 11 is 0. The van der Waals surface area contributed by atoms with Crippen LogP contribution in [0, 0.1) is 12.7 Å². The third-order valence-corrected chi connectivity index (χ3v) is 2.83. The number of benzene rings is 1. The highest BCUT2D eigenvalue weighted by atomic mass is 19.1. The molecule has 1 unspecified atom stereocenters. The molecule has 0 aliphatic carbocycles. The maximum Gasteiger partial charge on any atom is 0.126 e. The molecule has 0 saturated heterocycles. The monoisotopic (exact) mass is 225 g/mol. The molecule has 0 radical (unpaired) electrons. The first-order valence-electron chi connectivity index (χ1n) is 5.63. The highest BCUT2D eigenvalue weighted by Gasteiger charge is 2.16. The summed E-state index contributed by atoms with van der Waals surface area (Å²) in [5.74, 6) is -0.179. The van der Waals surface area contributed by atoms with Gasteiger partial charge in [0.15, 0.2) is 0 Å². The largest absolute Gasteiger partial charge is 0.389 e. The van der Waals surface area contributed by atoms with E-state index in [0.29, 0.717) is 25.1 Å². The Morgan fingerprint density at radius 3 is 2.69 bits per heavy atom. The highest BCUT2D eigenvalue weighted by Crippen LogP contribution is 2.10. The Hall–Kier alpha value is -0.930. The molecule has 1 aromatic rings. The molecule has 0 amide bonds. The Bertz CT molecular complexity index is 350. The summed E-state index contributed by atoms with van der Waals surface area (Å²) in [5, 5.41) is 12.9. The van der Waals surface area contributed by atoms with Gasteiger partial charge < -0.3 is 10.4 Å². The molecule has 0 bridgehead atoms. The molecule has 1 rings (SSSR count). The van der Waals surface area contributed by atoms with Gasteiger partial charge in [0.1, 0.15) is 5.82 Å². The lowest BCUT2D eigenvalue weighted by Crippen LogP contribution is -2.36. The maximum atomic E-state index is 13.2. The number of aliphatic hydroxyl groups is 1. The first kappa shape index (κ1) is 13.1. The lowest BCUT2D eigenvalue weighted by atomic mass is 10.0. The fourth-order valence-corrected chi connectivity index (χ4v) is 1.35. The van der Waals surface area contributed by atoms with Crippen LogP contribution in [0.1, 0.15) is 31.4 Å². The number of hydrogen-bond acceptors (Lipinski definition) is 2. The van der Waals surface area contributed by atoms with Crippen molar-refractivity contribution in [2.75, 3.05) is 6.54 Å². The van der Waals surface area contributed by atoms with Gasteiger partial charge in [-0.15, -0.1) is 0 Å². The van der Waals surface area contributed by atoms with Gasteiger partial charge in [-0.05, 0) is 37.5 Å². The van der Waals surface area contributed by atoms with Gasteiger partial charge >= 0.3 is 0 Å². The molecule has 0 aromatic heterocycles. The Balaban J connectivity index is 2.46. The first-order valence-corrected chi connectivity index (χ1v) is 5.63. The van der Waals surface area contributed by atoms with Crippen molar-refractivity contribution in [1.29, 1.82) is 0 Å². The van der Waals surface area contributed by atoms with E-state index in [-0.39, 0.29) is 5.82 Å². The fourth-order valence-electron chi connectivity index (χ4n) is 1.35. The van der Waals surface area contributed by atoms with E-state index in [4.69, 9.17) is 0 Å². The van der Waals surface area contributed by atoms with Crippen molar-refractivity contribution in [3.05, 3.63) is 35.1 Å². The average molecular weight is 225 g/mol. The van der Waals surface area contributed by atoms with Crippen LogP contribution >= 0.6 is 0 Å². The normalized spacial score (nSPS) is 14.8. The molecule has 0 spiro atoms. The van der Waals surface area contributed by atoms with Crippen LogP contribution in [0.25, 0.3) is 0 Å². The average Bonchev–Trinajstić information content (AvgIpc) is 2.23. The summed E-state index contributed by atoms with van der Waals surface area (Å²) in [4.78, 5) is 0. The van der Waals surface area contributed by atoms with Crippen LogP contribution in [-0.4, -0.2) is 17.3 Å². The van der Waals surface area contributed by atoms with Crippen LogP contribution in [0.3, 0.4) is 0 Å². The van der Waals surface area contributed by atoms with Crippen LogP contribution in [0.5, 0.6) is 0 Å². The molecule has 16 heavy (non-hydrogen) atoms. The van der Waals surface area contributed by atoms with Crippen molar-refractivity contribution in [3.63, 3.8) is 0 Å². The summed E-state index contributed by atoms with van der Waals surface area (Å²) in [7, 11) is 0. The topological polar surface area (TPSA) is 32.3 Å². The van der Waals surface area contributed by atoms with Gasteiger partial charge in [0.25, 0.3) is 0 Å². The zero-order chi connectivity index (χ0) is 12.2. The standard InChI is InChI=1S/C13H20FNO/c1-4-13(3,16)9-15-8-11-6-5-10(2)12(14)7-11/h5-7,15-16H,4,8-9H2,1-3H3. The SMILES string of the molecule is CCC(C)(O)CNCc1ccc(C)c(F)c1. The van der Waals surface area contributed by atoms with Gasteiger partial charge in [-0.1, -0.05) is 19.1 Å². The van der Waals surface area contributed by atoms with E-state index in [2.05, 4.69) is 5.32 Å². The van der Waals surface area contributed by atoms with Gasteiger partial charge in [-0.25, -0.2) is 4.39 Å². The van der Waals surface area contributed by atoms with Crippen molar-refractivity contribution in [2.45, 2.75) is 39.3 Å². The maximum absolute atomic E-state index is 13.2. The van der Waals surface area contributed by atoms with E-state index in [1.807, 2.05) is 13.0 Å². The molecule has 1 aromatic carbocycles. The number of hydrogen-bond donors (Lipinski definition) is 2. The van der Waals surface area contributed by atoms with E-state index < -0.39 is 5.60 Å². The van der Waals surface area contributed by atoms with E-state index in [0.717, 1.165) is 5.56 Å². The van der Waals surface area contributed by atoms with Gasteiger partial charge in [-0.2, -0.15) is 0 Å². The second-order valence-electron chi connectivity index (χ2n) is 4.54. The lowest BCUT2D eigenvalue weighted by Gasteiger charge is -2.21. The molecule has 0 aliphatic rings. The number of aryl methyl sites for hydroxylation is 1. The van der Waals surface area contributed by atoms with Crippen molar-refractivity contribution >= 4 is 0 Å². The Morgan fingerprint density at radius 2 is 2.12 bits per heavy atom. The molecule has 2 N–H and O–H groups in total. The minimum absolute atomic E-state index is 0.179. The molecule has 3 heteroatoms. The van der Waals surface area contributed by atoms with Crippen molar-refractivity contribution in [2.24, 2.45) is 0 Å². The van der Waals surface area contributed by atoms with Gasteiger partial charge in [0.2, 0.25) is 0 Å². The minimum atomic E-state index is -0.691.